The summed E-state index contributed by atoms with van der Waals surface area (Å²) in [6, 6.07) is 11.2. The van der Waals surface area contributed by atoms with E-state index in [-0.39, 0.29) is 28.6 Å². The fourth-order valence-corrected chi connectivity index (χ4v) is 8.07. The maximum Gasteiger partial charge on any atom is 0.337 e. The van der Waals surface area contributed by atoms with Gasteiger partial charge in [0.1, 0.15) is 11.5 Å². The lowest BCUT2D eigenvalue weighted by Gasteiger charge is -2.39. The van der Waals surface area contributed by atoms with Crippen molar-refractivity contribution < 1.29 is 22.8 Å². The number of sulfonamides is 1. The van der Waals surface area contributed by atoms with E-state index in [0.717, 1.165) is 37.0 Å². The van der Waals surface area contributed by atoms with Crippen molar-refractivity contribution in [3.63, 3.8) is 0 Å². The van der Waals surface area contributed by atoms with Gasteiger partial charge >= 0.3 is 5.97 Å². The Morgan fingerprint density at radius 3 is 2.32 bits per heavy atom. The number of benzene rings is 2. The minimum atomic E-state index is -3.99. The van der Waals surface area contributed by atoms with Crippen molar-refractivity contribution in [1.29, 1.82) is 0 Å². The molecule has 2 aliphatic heterocycles. The molecule has 2 unspecified atom stereocenters. The van der Waals surface area contributed by atoms with E-state index in [2.05, 4.69) is 14.8 Å². The van der Waals surface area contributed by atoms with Gasteiger partial charge in [0.05, 0.1) is 20.5 Å². The highest BCUT2D eigenvalue weighted by atomic mass is 35.5. The highest BCUT2D eigenvalue weighted by molar-refractivity contribution is 7.89. The number of carbonyl (C=O) groups is 1. The molecule has 2 bridgehead atoms. The molecule has 0 amide bonds. The molecule has 1 saturated carbocycles. The molecule has 38 heavy (non-hydrogen) atoms. The van der Waals surface area contributed by atoms with Crippen LogP contribution in [0.25, 0.3) is 11.3 Å². The van der Waals surface area contributed by atoms with Crippen LogP contribution < -0.4 is 4.72 Å². The zero-order valence-electron chi connectivity index (χ0n) is 20.4. The molecule has 2 aromatic carbocycles. The van der Waals surface area contributed by atoms with Crippen LogP contribution in [0.15, 0.2) is 51.9 Å². The number of halogens is 2. The number of fused-ring (bicyclic) bond motifs is 2. The predicted octanol–water partition coefficient (Wildman–Crippen LogP) is 5.70. The Balaban J connectivity index is 1.24. The van der Waals surface area contributed by atoms with Gasteiger partial charge in [-0.2, -0.15) is 0 Å². The van der Waals surface area contributed by atoms with Crippen molar-refractivity contribution >= 4 is 39.2 Å². The first kappa shape index (κ1) is 25.8. The van der Waals surface area contributed by atoms with Crippen molar-refractivity contribution in [3.8, 4) is 11.3 Å². The van der Waals surface area contributed by atoms with Gasteiger partial charge in [0.2, 0.25) is 10.0 Å². The molecule has 3 aliphatic rings. The standard InChI is InChI=1S/C27H27Cl2N3O5S/c28-21-5-3-6-22(29)24(21)25-20(26(37-30-25)15-8-9-15)14-32-17-10-11-18(32)13-16(12-17)31-38(35,36)23-7-2-1-4-19(23)27(33)34/h1-7,15-18,31H,8-14H2,(H,33,34). The Labute approximate surface area is 231 Å². The molecule has 3 heterocycles. The van der Waals surface area contributed by atoms with Gasteiger partial charge in [-0.3, -0.25) is 4.90 Å². The van der Waals surface area contributed by atoms with Gasteiger partial charge < -0.3 is 9.63 Å². The summed E-state index contributed by atoms with van der Waals surface area (Å²) in [6.07, 6.45) is 5.31. The van der Waals surface area contributed by atoms with E-state index < -0.39 is 16.0 Å². The highest BCUT2D eigenvalue weighted by Crippen LogP contribution is 2.47. The normalized spacial score (nSPS) is 23.6. The maximum absolute atomic E-state index is 13.2. The first-order valence-corrected chi connectivity index (χ1v) is 15.0. The lowest BCUT2D eigenvalue weighted by molar-refractivity contribution is 0.0692. The van der Waals surface area contributed by atoms with Gasteiger partial charge in [-0.05, 0) is 62.8 Å². The first-order chi connectivity index (χ1) is 18.2. The molecule has 2 saturated heterocycles. The Kier molecular flexibility index (Phi) is 6.76. The molecule has 11 heteroatoms. The monoisotopic (exact) mass is 575 g/mol. The summed E-state index contributed by atoms with van der Waals surface area (Å²) in [4.78, 5) is 13.8. The van der Waals surface area contributed by atoms with Crippen LogP contribution in [0, 0.1) is 0 Å². The van der Waals surface area contributed by atoms with Gasteiger partial charge in [-0.1, -0.05) is 46.6 Å². The average Bonchev–Trinajstić information content (AvgIpc) is 3.60. The minimum absolute atomic E-state index is 0.174. The van der Waals surface area contributed by atoms with Crippen molar-refractivity contribution in [2.75, 3.05) is 0 Å². The van der Waals surface area contributed by atoms with E-state index in [1.807, 2.05) is 0 Å². The van der Waals surface area contributed by atoms with E-state index in [9.17, 15) is 18.3 Å². The first-order valence-electron chi connectivity index (χ1n) is 12.8. The third kappa shape index (κ3) is 4.75. The van der Waals surface area contributed by atoms with Gasteiger partial charge in [0.25, 0.3) is 0 Å². The smallest absolute Gasteiger partial charge is 0.337 e. The van der Waals surface area contributed by atoms with Crippen LogP contribution in [-0.4, -0.2) is 47.7 Å². The number of piperidine rings is 1. The summed E-state index contributed by atoms with van der Waals surface area (Å²) < 4.78 is 35.0. The molecule has 2 atom stereocenters. The Morgan fingerprint density at radius 2 is 1.68 bits per heavy atom. The Bertz CT molecular complexity index is 1470. The molecule has 200 valence electrons. The third-order valence-electron chi connectivity index (χ3n) is 7.92. The molecule has 0 radical (unpaired) electrons. The van der Waals surface area contributed by atoms with Gasteiger partial charge in [-0.15, -0.1) is 0 Å². The lowest BCUT2D eigenvalue weighted by Crippen LogP contribution is -2.50. The molecular weight excluding hydrogens is 549 g/mol. The summed E-state index contributed by atoms with van der Waals surface area (Å²) >= 11 is 13.1. The van der Waals surface area contributed by atoms with Crippen LogP contribution in [0.4, 0.5) is 0 Å². The van der Waals surface area contributed by atoms with Gasteiger partial charge in [0.15, 0.2) is 0 Å². The fourth-order valence-electron chi connectivity index (χ4n) is 6.03. The Morgan fingerprint density at radius 1 is 1.03 bits per heavy atom. The maximum atomic E-state index is 13.2. The second-order valence-corrected chi connectivity index (χ2v) is 12.9. The molecule has 0 spiro atoms. The number of rotatable bonds is 8. The van der Waals surface area contributed by atoms with E-state index in [1.165, 1.54) is 24.3 Å². The minimum Gasteiger partial charge on any atom is -0.478 e. The van der Waals surface area contributed by atoms with Crippen molar-refractivity contribution in [1.82, 2.24) is 14.8 Å². The average molecular weight is 577 g/mol. The second kappa shape index (κ2) is 9.95. The number of aromatic carboxylic acids is 1. The van der Waals surface area contributed by atoms with E-state index in [0.29, 0.717) is 46.6 Å². The van der Waals surface area contributed by atoms with Crippen molar-refractivity contribution in [2.24, 2.45) is 0 Å². The van der Waals surface area contributed by atoms with Crippen molar-refractivity contribution in [2.45, 2.75) is 74.0 Å². The Hall–Kier alpha value is -2.43. The number of nitrogens with one attached hydrogen (secondary N) is 1. The zero-order chi connectivity index (χ0) is 26.6. The molecular formula is C27H27Cl2N3O5S. The van der Waals surface area contributed by atoms with Crippen LogP contribution in [0.2, 0.25) is 10.0 Å². The zero-order valence-corrected chi connectivity index (χ0v) is 22.8. The van der Waals surface area contributed by atoms with Crippen LogP contribution in [0.1, 0.15) is 66.1 Å². The summed E-state index contributed by atoms with van der Waals surface area (Å²) in [7, 11) is -3.99. The fraction of sp³-hybridized carbons (Fsp3) is 0.407. The summed E-state index contributed by atoms with van der Waals surface area (Å²) in [5, 5.41) is 14.9. The molecule has 8 nitrogen and oxygen atoms in total. The topological polar surface area (TPSA) is 113 Å². The van der Waals surface area contributed by atoms with E-state index >= 15 is 0 Å². The van der Waals surface area contributed by atoms with Gasteiger partial charge in [0, 0.05) is 41.7 Å². The molecule has 3 aromatic rings. The SMILES string of the molecule is O=C(O)c1ccccc1S(=O)(=O)NC1CC2CCC(C1)N2Cc1c(-c2c(Cl)cccc2Cl)noc1C1CC1. The third-order valence-corrected chi connectivity index (χ3v) is 10.1. The number of hydrogen-bond donors (Lipinski definition) is 2. The number of carboxylic acids is 1. The van der Waals surface area contributed by atoms with Gasteiger partial charge in [-0.25, -0.2) is 17.9 Å². The number of hydrogen-bond acceptors (Lipinski definition) is 6. The van der Waals surface area contributed by atoms with E-state index in [4.69, 9.17) is 27.7 Å². The molecule has 1 aromatic heterocycles. The van der Waals surface area contributed by atoms with Crippen molar-refractivity contribution in [3.05, 3.63) is 69.4 Å². The van der Waals surface area contributed by atoms with Crippen LogP contribution >= 0.6 is 23.2 Å². The predicted molar refractivity (Wildman–Crippen MR) is 143 cm³/mol. The summed E-state index contributed by atoms with van der Waals surface area (Å²) in [6.45, 7) is 0.628. The largest absolute Gasteiger partial charge is 0.478 e. The quantitative estimate of drug-likeness (QED) is 0.354. The van der Waals surface area contributed by atoms with Crippen LogP contribution in [0.5, 0.6) is 0 Å². The summed E-state index contributed by atoms with van der Waals surface area (Å²) in [5.74, 6) is -0.0252. The van der Waals surface area contributed by atoms with E-state index in [1.54, 1.807) is 18.2 Å². The van der Waals surface area contributed by atoms with Crippen LogP contribution in [0.3, 0.4) is 0 Å². The highest BCUT2D eigenvalue weighted by Gasteiger charge is 2.44. The summed E-state index contributed by atoms with van der Waals surface area (Å²) in [5.41, 5.74) is 2.13. The molecule has 6 rings (SSSR count). The van der Waals surface area contributed by atoms with Crippen LogP contribution in [-0.2, 0) is 16.6 Å². The molecule has 2 N–H and O–H groups in total. The lowest BCUT2D eigenvalue weighted by atomic mass is 9.96. The molecule has 3 fully saturated rings. The number of carboxylic acid groups (broad SMARTS) is 1. The number of aromatic nitrogens is 1. The second-order valence-electron chi connectivity index (χ2n) is 10.4. The number of nitrogens with zero attached hydrogens (tertiary/aromatic N) is 2. The molecule has 1 aliphatic carbocycles.